The average Bonchev–Trinajstić information content (AvgIpc) is 3.15. The molecule has 35 heavy (non-hydrogen) atoms. The van der Waals surface area contributed by atoms with Gasteiger partial charge in [-0.05, 0) is 60.7 Å². The van der Waals surface area contributed by atoms with Crippen molar-refractivity contribution < 1.29 is 19.4 Å². The molecule has 0 saturated carbocycles. The predicted molar refractivity (Wildman–Crippen MR) is 142 cm³/mol. The number of hydrogen-bond acceptors (Lipinski definition) is 6. The number of rotatable bonds is 11. The van der Waals surface area contributed by atoms with Crippen molar-refractivity contribution in [3.05, 3.63) is 64.1 Å². The molecule has 0 radical (unpaired) electrons. The van der Waals surface area contributed by atoms with E-state index in [0.29, 0.717) is 37.6 Å². The molecule has 190 valence electrons. The molecule has 2 aromatic rings. The topological polar surface area (TPSA) is 92.2 Å². The highest BCUT2D eigenvalue weighted by Crippen LogP contribution is 2.33. The normalized spacial score (nSPS) is 19.7. The van der Waals surface area contributed by atoms with E-state index in [1.165, 1.54) is 0 Å². The van der Waals surface area contributed by atoms with E-state index in [1.54, 1.807) is 0 Å². The van der Waals surface area contributed by atoms with Gasteiger partial charge in [-0.3, -0.25) is 10.2 Å². The molecule has 0 bridgehead atoms. The Morgan fingerprint density at radius 1 is 1.17 bits per heavy atom. The molecule has 0 unspecified atom stereocenters. The summed E-state index contributed by atoms with van der Waals surface area (Å²) >= 11 is 3.47. The van der Waals surface area contributed by atoms with Crippen molar-refractivity contribution in [2.45, 2.75) is 58.6 Å². The van der Waals surface area contributed by atoms with E-state index < -0.39 is 11.6 Å². The number of ether oxygens (including phenoxy) is 2. The number of hydrogen-bond donors (Lipinski definition) is 3. The maximum Gasteiger partial charge on any atom is 0.266 e. The fraction of sp³-hybridized carbons (Fsp3) is 0.481. The number of amides is 1. The standard InChI is InChI=1S/C27H36BrN3O4/c1-19-27(18-20-6-10-22(28)11-7-20,25(33)31-29-15-14-26(2,3)4)30-24(35-19)21-8-12-23(13-9-21)34-17-5-16-32/h6-13,19,29,32H,5,14-18H2,1-4H3,(H,31,33)/t19-,27-/m0/s1. The van der Waals surface area contributed by atoms with Crippen LogP contribution >= 0.6 is 15.9 Å². The smallest absolute Gasteiger partial charge is 0.266 e. The van der Waals surface area contributed by atoms with Gasteiger partial charge in [-0.15, -0.1) is 0 Å². The molecule has 2 aromatic carbocycles. The molecule has 1 amide bonds. The van der Waals surface area contributed by atoms with Crippen LogP contribution in [0.5, 0.6) is 5.75 Å². The van der Waals surface area contributed by atoms with Gasteiger partial charge in [0.15, 0.2) is 5.54 Å². The summed E-state index contributed by atoms with van der Waals surface area (Å²) in [6, 6.07) is 15.3. The van der Waals surface area contributed by atoms with Gasteiger partial charge in [0.05, 0.1) is 6.61 Å². The number of carbonyl (C=O) groups is 1. The summed E-state index contributed by atoms with van der Waals surface area (Å²) in [7, 11) is 0. The third-order valence-corrected chi connectivity index (χ3v) is 6.45. The number of benzene rings is 2. The molecular formula is C27H36BrN3O4. The summed E-state index contributed by atoms with van der Waals surface area (Å²) in [6.45, 7) is 9.58. The largest absolute Gasteiger partial charge is 0.494 e. The molecule has 1 aliphatic heterocycles. The number of nitrogens with one attached hydrogen (secondary N) is 2. The highest BCUT2D eigenvalue weighted by Gasteiger charge is 2.50. The predicted octanol–water partition coefficient (Wildman–Crippen LogP) is 4.41. The Balaban J connectivity index is 1.82. The van der Waals surface area contributed by atoms with Crippen molar-refractivity contribution in [1.82, 2.24) is 10.9 Å². The summed E-state index contributed by atoms with van der Waals surface area (Å²) in [4.78, 5) is 18.4. The van der Waals surface area contributed by atoms with Gasteiger partial charge in [0.25, 0.3) is 5.91 Å². The van der Waals surface area contributed by atoms with Crippen LogP contribution < -0.4 is 15.6 Å². The average molecular weight is 547 g/mol. The van der Waals surface area contributed by atoms with Crippen molar-refractivity contribution in [1.29, 1.82) is 0 Å². The monoisotopic (exact) mass is 545 g/mol. The molecule has 1 heterocycles. The molecule has 8 heteroatoms. The third kappa shape index (κ3) is 7.53. The van der Waals surface area contributed by atoms with Crippen LogP contribution in [0.15, 0.2) is 58.0 Å². The first kappa shape index (κ1) is 27.2. The Bertz CT molecular complexity index is 1000. The number of hydrazine groups is 1. The quantitative estimate of drug-likeness (QED) is 0.287. The highest BCUT2D eigenvalue weighted by atomic mass is 79.9. The Hall–Kier alpha value is -2.42. The first-order chi connectivity index (χ1) is 16.6. The number of aliphatic hydroxyl groups excluding tert-OH is 1. The molecule has 2 atom stereocenters. The number of aliphatic hydroxyl groups is 1. The summed E-state index contributed by atoms with van der Waals surface area (Å²) in [5.74, 6) is 0.915. The first-order valence-electron chi connectivity index (χ1n) is 12.0. The van der Waals surface area contributed by atoms with Gasteiger partial charge in [-0.1, -0.05) is 48.8 Å². The second-order valence-electron chi connectivity index (χ2n) is 10.0. The van der Waals surface area contributed by atoms with Crippen molar-refractivity contribution in [3.8, 4) is 5.75 Å². The molecule has 0 spiro atoms. The number of nitrogens with zero attached hydrogens (tertiary/aromatic N) is 1. The van der Waals surface area contributed by atoms with Crippen molar-refractivity contribution in [3.63, 3.8) is 0 Å². The molecular weight excluding hydrogens is 510 g/mol. The van der Waals surface area contributed by atoms with Gasteiger partial charge in [-0.25, -0.2) is 10.4 Å². The zero-order valence-electron chi connectivity index (χ0n) is 20.9. The van der Waals surface area contributed by atoms with E-state index in [1.807, 2.05) is 55.5 Å². The minimum absolute atomic E-state index is 0.0915. The molecule has 0 fully saturated rings. The van der Waals surface area contributed by atoms with E-state index in [0.717, 1.165) is 22.0 Å². The zero-order chi connectivity index (χ0) is 25.5. The maximum atomic E-state index is 13.5. The Morgan fingerprint density at radius 3 is 2.49 bits per heavy atom. The van der Waals surface area contributed by atoms with Gasteiger partial charge in [0.2, 0.25) is 5.90 Å². The lowest BCUT2D eigenvalue weighted by molar-refractivity contribution is -0.129. The molecule has 3 rings (SSSR count). The van der Waals surface area contributed by atoms with Crippen LogP contribution in [-0.2, 0) is 16.0 Å². The maximum absolute atomic E-state index is 13.5. The van der Waals surface area contributed by atoms with E-state index in [-0.39, 0.29) is 17.9 Å². The second kappa shape index (κ2) is 12.0. The van der Waals surface area contributed by atoms with Crippen molar-refractivity contribution in [2.75, 3.05) is 19.8 Å². The van der Waals surface area contributed by atoms with E-state index in [4.69, 9.17) is 19.6 Å². The van der Waals surface area contributed by atoms with Gasteiger partial charge in [0, 0.05) is 36.0 Å². The lowest BCUT2D eigenvalue weighted by Crippen LogP contribution is -2.56. The highest BCUT2D eigenvalue weighted by molar-refractivity contribution is 9.10. The van der Waals surface area contributed by atoms with Crippen LogP contribution in [0.2, 0.25) is 0 Å². The minimum Gasteiger partial charge on any atom is -0.494 e. The lowest BCUT2D eigenvalue weighted by Gasteiger charge is -2.28. The van der Waals surface area contributed by atoms with Gasteiger partial charge in [0.1, 0.15) is 11.9 Å². The third-order valence-electron chi connectivity index (χ3n) is 5.92. The SMILES string of the molecule is C[C@@H]1OC(c2ccc(OCCCO)cc2)=N[C@]1(Cc1ccc(Br)cc1)C(=O)NNCCC(C)(C)C. The summed E-state index contributed by atoms with van der Waals surface area (Å²) < 4.78 is 12.7. The zero-order valence-corrected chi connectivity index (χ0v) is 22.5. The van der Waals surface area contributed by atoms with E-state index >= 15 is 0 Å². The molecule has 0 saturated heterocycles. The Labute approximate surface area is 216 Å². The van der Waals surface area contributed by atoms with Crippen LogP contribution in [0.25, 0.3) is 0 Å². The first-order valence-corrected chi connectivity index (χ1v) is 12.8. The Kier molecular flexibility index (Phi) is 9.33. The summed E-state index contributed by atoms with van der Waals surface area (Å²) in [5.41, 5.74) is 6.78. The lowest BCUT2D eigenvalue weighted by atomic mass is 9.86. The Morgan fingerprint density at radius 2 is 1.86 bits per heavy atom. The molecule has 0 aromatic heterocycles. The molecule has 3 N–H and O–H groups in total. The molecule has 0 aliphatic carbocycles. The van der Waals surface area contributed by atoms with Crippen LogP contribution in [0.3, 0.4) is 0 Å². The van der Waals surface area contributed by atoms with Gasteiger partial charge >= 0.3 is 0 Å². The minimum atomic E-state index is -1.12. The summed E-state index contributed by atoms with van der Waals surface area (Å²) in [5, 5.41) is 8.92. The van der Waals surface area contributed by atoms with E-state index in [2.05, 4.69) is 47.6 Å². The molecule has 7 nitrogen and oxygen atoms in total. The van der Waals surface area contributed by atoms with Crippen LogP contribution in [-0.4, -0.2) is 48.3 Å². The van der Waals surface area contributed by atoms with Gasteiger partial charge in [-0.2, -0.15) is 0 Å². The summed E-state index contributed by atoms with van der Waals surface area (Å²) in [6.07, 6.45) is 1.43. The number of carbonyl (C=O) groups excluding carboxylic acids is 1. The van der Waals surface area contributed by atoms with Crippen LogP contribution in [0.4, 0.5) is 0 Å². The van der Waals surface area contributed by atoms with Crippen molar-refractivity contribution in [2.24, 2.45) is 10.4 Å². The second-order valence-corrected chi connectivity index (χ2v) is 11.0. The fourth-order valence-electron chi connectivity index (χ4n) is 3.75. The van der Waals surface area contributed by atoms with Gasteiger partial charge < -0.3 is 14.6 Å². The molecule has 1 aliphatic rings. The fourth-order valence-corrected chi connectivity index (χ4v) is 4.01. The van der Waals surface area contributed by atoms with E-state index in [9.17, 15) is 4.79 Å². The van der Waals surface area contributed by atoms with Crippen LogP contribution in [0, 0.1) is 5.41 Å². The number of halogens is 1. The number of aliphatic imine (C=N–C) groups is 1. The van der Waals surface area contributed by atoms with Crippen molar-refractivity contribution >= 4 is 27.7 Å². The van der Waals surface area contributed by atoms with Crippen LogP contribution in [0.1, 0.15) is 51.7 Å².